The molecule has 0 aliphatic carbocycles. The predicted octanol–water partition coefficient (Wildman–Crippen LogP) is 2.17. The summed E-state index contributed by atoms with van der Waals surface area (Å²) in [7, 11) is 1.84. The lowest BCUT2D eigenvalue weighted by Gasteiger charge is -2.04. The van der Waals surface area contributed by atoms with Crippen LogP contribution in [-0.4, -0.2) is 49.0 Å². The number of nitrogens with zero attached hydrogens (tertiary/aromatic N) is 5. The van der Waals surface area contributed by atoms with Crippen molar-refractivity contribution >= 4 is 40.1 Å². The van der Waals surface area contributed by atoms with Gasteiger partial charge in [-0.25, -0.2) is 4.98 Å². The van der Waals surface area contributed by atoms with Gasteiger partial charge in [-0.1, -0.05) is 11.8 Å². The van der Waals surface area contributed by atoms with Crippen LogP contribution < -0.4 is 5.32 Å². The van der Waals surface area contributed by atoms with Gasteiger partial charge in [0.25, 0.3) is 0 Å². The molecule has 0 atom stereocenters. The Hall–Kier alpha value is -2.79. The number of hydrogen-bond donors (Lipinski definition) is 1. The third-order valence-electron chi connectivity index (χ3n) is 3.52. The lowest BCUT2D eigenvalue weighted by atomic mass is 10.3. The Labute approximate surface area is 169 Å². The van der Waals surface area contributed by atoms with Gasteiger partial charge in [0.05, 0.1) is 24.5 Å². The fourth-order valence-electron chi connectivity index (χ4n) is 2.28. The van der Waals surface area contributed by atoms with Crippen molar-refractivity contribution in [3.05, 3.63) is 35.6 Å². The third-order valence-corrected chi connectivity index (χ3v) is 5.34. The smallest absolute Gasteiger partial charge is 0.311 e. The number of hydrogen-bond acceptors (Lipinski definition) is 9. The van der Waals surface area contributed by atoms with Crippen LogP contribution in [0.25, 0.3) is 11.4 Å². The number of thiazole rings is 1. The van der Waals surface area contributed by atoms with E-state index in [0.29, 0.717) is 28.4 Å². The largest absolute Gasteiger partial charge is 0.466 e. The summed E-state index contributed by atoms with van der Waals surface area (Å²) in [5.74, 6) is 0.284. The maximum Gasteiger partial charge on any atom is 0.311 e. The number of carbonyl (C=O) groups excluding carboxylic acids is 2. The molecule has 3 heterocycles. The Kier molecular flexibility index (Phi) is 6.71. The van der Waals surface area contributed by atoms with Crippen LogP contribution in [0.4, 0.5) is 5.13 Å². The van der Waals surface area contributed by atoms with Gasteiger partial charge in [-0.15, -0.1) is 21.5 Å². The number of pyridine rings is 1. The summed E-state index contributed by atoms with van der Waals surface area (Å²) >= 11 is 2.54. The SMILES string of the molecule is CCOC(=O)Cc1csc(NC(=O)CSc2nnc(-c3cccnc3)n2C)n1. The number of anilines is 1. The number of esters is 1. The fraction of sp³-hybridized carbons (Fsp3) is 0.294. The average Bonchev–Trinajstić information content (AvgIpc) is 3.27. The van der Waals surface area contributed by atoms with Gasteiger partial charge >= 0.3 is 5.97 Å². The Morgan fingerprint density at radius 2 is 2.21 bits per heavy atom. The van der Waals surface area contributed by atoms with E-state index in [1.807, 2.05) is 23.7 Å². The number of ether oxygens (including phenoxy) is 1. The van der Waals surface area contributed by atoms with Gasteiger partial charge in [-0.3, -0.25) is 14.6 Å². The molecule has 0 spiro atoms. The molecule has 0 saturated carbocycles. The van der Waals surface area contributed by atoms with Crippen LogP contribution >= 0.6 is 23.1 Å². The zero-order valence-corrected chi connectivity index (χ0v) is 16.9. The van der Waals surface area contributed by atoms with Crippen LogP contribution in [-0.2, 0) is 27.8 Å². The maximum absolute atomic E-state index is 12.2. The van der Waals surface area contributed by atoms with E-state index in [4.69, 9.17) is 4.74 Å². The van der Waals surface area contributed by atoms with E-state index in [0.717, 1.165) is 5.56 Å². The van der Waals surface area contributed by atoms with Crippen LogP contribution in [0.2, 0.25) is 0 Å². The Balaban J connectivity index is 1.53. The Morgan fingerprint density at radius 3 is 2.96 bits per heavy atom. The minimum Gasteiger partial charge on any atom is -0.466 e. The summed E-state index contributed by atoms with van der Waals surface area (Å²) in [6.45, 7) is 2.08. The predicted molar refractivity (Wildman–Crippen MR) is 106 cm³/mol. The fourth-order valence-corrected chi connectivity index (χ4v) is 3.72. The number of rotatable bonds is 8. The van der Waals surface area contributed by atoms with Crippen molar-refractivity contribution < 1.29 is 14.3 Å². The van der Waals surface area contributed by atoms with Crippen LogP contribution in [0.3, 0.4) is 0 Å². The number of aromatic nitrogens is 5. The first-order chi connectivity index (χ1) is 13.6. The van der Waals surface area contributed by atoms with E-state index >= 15 is 0 Å². The van der Waals surface area contributed by atoms with E-state index in [1.54, 1.807) is 24.7 Å². The van der Waals surface area contributed by atoms with Crippen molar-refractivity contribution in [1.82, 2.24) is 24.7 Å². The summed E-state index contributed by atoms with van der Waals surface area (Å²) in [6, 6.07) is 3.73. The van der Waals surface area contributed by atoms with Crippen LogP contribution in [0.5, 0.6) is 0 Å². The van der Waals surface area contributed by atoms with E-state index in [2.05, 4.69) is 25.5 Å². The molecule has 3 rings (SSSR count). The lowest BCUT2D eigenvalue weighted by molar-refractivity contribution is -0.142. The van der Waals surface area contributed by atoms with Gasteiger partial charge in [0.15, 0.2) is 16.1 Å². The minimum absolute atomic E-state index is 0.0883. The van der Waals surface area contributed by atoms with Crippen molar-refractivity contribution in [1.29, 1.82) is 0 Å². The van der Waals surface area contributed by atoms with Gasteiger partial charge in [-0.2, -0.15) is 0 Å². The second kappa shape index (κ2) is 9.42. The van der Waals surface area contributed by atoms with Crippen molar-refractivity contribution in [3.8, 4) is 11.4 Å². The standard InChI is InChI=1S/C17H18N6O3S2/c1-3-26-14(25)7-12-9-27-16(19-12)20-13(24)10-28-17-22-21-15(23(17)2)11-5-4-6-18-8-11/h4-6,8-9H,3,7,10H2,1-2H3,(H,19,20,24). The van der Waals surface area contributed by atoms with E-state index in [1.165, 1.54) is 23.1 Å². The molecule has 0 aliphatic heterocycles. The zero-order valence-electron chi connectivity index (χ0n) is 15.3. The van der Waals surface area contributed by atoms with Crippen molar-refractivity contribution in [2.24, 2.45) is 7.05 Å². The van der Waals surface area contributed by atoms with Crippen molar-refractivity contribution in [2.75, 3.05) is 17.7 Å². The lowest BCUT2D eigenvalue weighted by Crippen LogP contribution is -2.14. The Morgan fingerprint density at radius 1 is 1.36 bits per heavy atom. The highest BCUT2D eigenvalue weighted by Gasteiger charge is 2.14. The maximum atomic E-state index is 12.2. The first kappa shape index (κ1) is 20.0. The quantitative estimate of drug-likeness (QED) is 0.438. The number of nitrogens with one attached hydrogen (secondary N) is 1. The molecule has 1 amide bonds. The Bertz CT molecular complexity index is 957. The zero-order chi connectivity index (χ0) is 19.9. The highest BCUT2D eigenvalue weighted by Crippen LogP contribution is 2.22. The second-order valence-corrected chi connectivity index (χ2v) is 7.37. The molecule has 0 aliphatic rings. The van der Waals surface area contributed by atoms with Crippen molar-refractivity contribution in [2.45, 2.75) is 18.5 Å². The van der Waals surface area contributed by atoms with Gasteiger partial charge in [-0.05, 0) is 19.1 Å². The molecule has 0 fully saturated rings. The molecule has 3 aromatic heterocycles. The molecule has 146 valence electrons. The highest BCUT2D eigenvalue weighted by atomic mass is 32.2. The molecule has 28 heavy (non-hydrogen) atoms. The monoisotopic (exact) mass is 418 g/mol. The molecule has 0 saturated heterocycles. The highest BCUT2D eigenvalue weighted by molar-refractivity contribution is 7.99. The van der Waals surface area contributed by atoms with Gasteiger partial charge in [0, 0.05) is 30.4 Å². The molecule has 0 radical (unpaired) electrons. The normalized spacial score (nSPS) is 10.6. The van der Waals surface area contributed by atoms with E-state index in [9.17, 15) is 9.59 Å². The summed E-state index contributed by atoms with van der Waals surface area (Å²) in [5, 5.41) is 13.8. The topological polar surface area (TPSA) is 112 Å². The minimum atomic E-state index is -0.340. The first-order valence-electron chi connectivity index (χ1n) is 8.39. The summed E-state index contributed by atoms with van der Waals surface area (Å²) < 4.78 is 6.70. The van der Waals surface area contributed by atoms with Crippen molar-refractivity contribution in [3.63, 3.8) is 0 Å². The average molecular weight is 419 g/mol. The van der Waals surface area contributed by atoms with Gasteiger partial charge < -0.3 is 14.6 Å². The van der Waals surface area contributed by atoms with Crippen LogP contribution in [0.15, 0.2) is 35.1 Å². The molecule has 9 nitrogen and oxygen atoms in total. The molecule has 11 heteroatoms. The first-order valence-corrected chi connectivity index (χ1v) is 10.3. The second-order valence-electron chi connectivity index (χ2n) is 5.57. The summed E-state index contributed by atoms with van der Waals surface area (Å²) in [4.78, 5) is 32.0. The van der Waals surface area contributed by atoms with Gasteiger partial charge in [0.1, 0.15) is 0 Å². The molecular weight excluding hydrogens is 400 g/mol. The number of carbonyl (C=O) groups is 2. The molecule has 0 aromatic carbocycles. The molecule has 3 aromatic rings. The summed E-state index contributed by atoms with van der Waals surface area (Å²) in [5.41, 5.74) is 1.42. The molecule has 0 bridgehead atoms. The molecule has 1 N–H and O–H groups in total. The number of thioether (sulfide) groups is 1. The van der Waals surface area contributed by atoms with Crippen LogP contribution in [0, 0.1) is 0 Å². The summed E-state index contributed by atoms with van der Waals surface area (Å²) in [6.07, 6.45) is 3.49. The van der Waals surface area contributed by atoms with Crippen LogP contribution in [0.1, 0.15) is 12.6 Å². The van der Waals surface area contributed by atoms with E-state index < -0.39 is 0 Å². The molecular formula is C17H18N6O3S2. The molecule has 0 unspecified atom stereocenters. The van der Waals surface area contributed by atoms with E-state index in [-0.39, 0.29) is 24.1 Å². The third kappa shape index (κ3) is 5.14. The number of amides is 1. The van der Waals surface area contributed by atoms with Gasteiger partial charge in [0.2, 0.25) is 5.91 Å².